The van der Waals surface area contributed by atoms with E-state index in [4.69, 9.17) is 0 Å². The van der Waals surface area contributed by atoms with Gasteiger partial charge in [0.25, 0.3) is 0 Å². The zero-order valence-corrected chi connectivity index (χ0v) is 12.4. The second-order valence-electron chi connectivity index (χ2n) is 5.86. The molecule has 0 spiro atoms. The molecule has 0 aromatic heterocycles. The van der Waals surface area contributed by atoms with Gasteiger partial charge >= 0.3 is 5.97 Å². The van der Waals surface area contributed by atoms with Gasteiger partial charge in [0.05, 0.1) is 5.41 Å². The van der Waals surface area contributed by atoms with Gasteiger partial charge in [-0.3, -0.25) is 4.79 Å². The summed E-state index contributed by atoms with van der Waals surface area (Å²) in [6.45, 7) is 8.38. The lowest BCUT2D eigenvalue weighted by Crippen LogP contribution is -2.33. The van der Waals surface area contributed by atoms with Gasteiger partial charge in [-0.15, -0.1) is 0 Å². The summed E-state index contributed by atoms with van der Waals surface area (Å²) in [6, 6.07) is 2.09. The molecule has 1 aromatic carbocycles. The van der Waals surface area contributed by atoms with Crippen molar-refractivity contribution in [3.8, 4) is 0 Å². The number of benzene rings is 1. The van der Waals surface area contributed by atoms with Crippen molar-refractivity contribution in [3.05, 3.63) is 33.9 Å². The average Bonchev–Trinajstić information content (AvgIpc) is 3.13. The number of aryl methyl sites for hydroxylation is 2. The maximum atomic E-state index is 11.6. The third-order valence-electron chi connectivity index (χ3n) is 4.77. The largest absolute Gasteiger partial charge is 0.481 e. The topological polar surface area (TPSA) is 49.3 Å². The van der Waals surface area contributed by atoms with Crippen molar-refractivity contribution in [2.75, 3.05) is 7.05 Å². The highest BCUT2D eigenvalue weighted by atomic mass is 16.4. The van der Waals surface area contributed by atoms with Gasteiger partial charge in [-0.05, 0) is 75.4 Å². The van der Waals surface area contributed by atoms with Crippen LogP contribution in [0.4, 0.5) is 0 Å². The number of aliphatic carboxylic acids is 1. The average molecular weight is 261 g/mol. The second kappa shape index (κ2) is 4.64. The lowest BCUT2D eigenvalue weighted by atomic mass is 9.82. The van der Waals surface area contributed by atoms with Crippen LogP contribution >= 0.6 is 0 Å². The van der Waals surface area contributed by atoms with Crippen molar-refractivity contribution < 1.29 is 9.90 Å². The van der Waals surface area contributed by atoms with E-state index in [0.29, 0.717) is 0 Å². The Bertz CT molecular complexity index is 504. The first-order valence-corrected chi connectivity index (χ1v) is 6.83. The van der Waals surface area contributed by atoms with Crippen LogP contribution in [-0.2, 0) is 4.79 Å². The van der Waals surface area contributed by atoms with Crippen LogP contribution in [0.15, 0.2) is 6.07 Å². The molecule has 1 aliphatic carbocycles. The van der Waals surface area contributed by atoms with E-state index >= 15 is 0 Å². The summed E-state index contributed by atoms with van der Waals surface area (Å²) in [5.41, 5.74) is 5.48. The van der Waals surface area contributed by atoms with Crippen molar-refractivity contribution in [2.24, 2.45) is 5.41 Å². The lowest BCUT2D eigenvalue weighted by molar-refractivity contribution is -0.144. The summed E-state index contributed by atoms with van der Waals surface area (Å²) >= 11 is 0. The first kappa shape index (κ1) is 14.1. The van der Waals surface area contributed by atoms with Crippen LogP contribution in [0.1, 0.15) is 46.7 Å². The van der Waals surface area contributed by atoms with Gasteiger partial charge in [-0.2, -0.15) is 0 Å². The Hall–Kier alpha value is -1.35. The monoisotopic (exact) mass is 261 g/mol. The molecule has 0 radical (unpaired) electrons. The predicted molar refractivity (Wildman–Crippen MR) is 76.5 cm³/mol. The number of carbonyl (C=O) groups is 1. The fraction of sp³-hybridized carbons (Fsp3) is 0.562. The van der Waals surface area contributed by atoms with Crippen LogP contribution < -0.4 is 5.32 Å². The lowest BCUT2D eigenvalue weighted by Gasteiger charge is -2.28. The summed E-state index contributed by atoms with van der Waals surface area (Å²) in [4.78, 5) is 11.6. The fourth-order valence-electron chi connectivity index (χ4n) is 3.14. The molecule has 1 unspecified atom stereocenters. The Balaban J connectivity index is 2.60. The number of nitrogens with one attached hydrogen (secondary N) is 1. The molecule has 1 atom stereocenters. The molecular weight excluding hydrogens is 238 g/mol. The Morgan fingerprint density at radius 3 is 2.00 bits per heavy atom. The Kier molecular flexibility index (Phi) is 3.43. The van der Waals surface area contributed by atoms with Crippen LogP contribution in [0.25, 0.3) is 0 Å². The van der Waals surface area contributed by atoms with Gasteiger partial charge in [-0.1, -0.05) is 6.07 Å². The standard InChI is InChI=1S/C16H23NO2/c1-9-8-10(2)12(4)13(11(9)3)14(17-5)16(6-7-16)15(18)19/h8,14,17H,6-7H2,1-5H3,(H,18,19). The maximum Gasteiger partial charge on any atom is 0.311 e. The molecule has 3 nitrogen and oxygen atoms in total. The van der Waals surface area contributed by atoms with Crippen molar-refractivity contribution in [1.82, 2.24) is 5.32 Å². The predicted octanol–water partition coefficient (Wildman–Crippen LogP) is 3.05. The minimum atomic E-state index is -0.676. The first-order chi connectivity index (χ1) is 8.85. The van der Waals surface area contributed by atoms with Crippen LogP contribution in [0.5, 0.6) is 0 Å². The molecule has 1 aliphatic rings. The molecule has 0 heterocycles. The van der Waals surface area contributed by atoms with Gasteiger partial charge in [0.1, 0.15) is 0 Å². The smallest absolute Gasteiger partial charge is 0.311 e. The van der Waals surface area contributed by atoms with Crippen LogP contribution in [0, 0.1) is 33.1 Å². The van der Waals surface area contributed by atoms with Crippen LogP contribution in [0.2, 0.25) is 0 Å². The van der Waals surface area contributed by atoms with Gasteiger partial charge in [0.15, 0.2) is 0 Å². The minimum Gasteiger partial charge on any atom is -0.481 e. The van der Waals surface area contributed by atoms with Crippen LogP contribution in [0.3, 0.4) is 0 Å². The molecule has 1 fully saturated rings. The normalized spacial score (nSPS) is 18.2. The highest BCUT2D eigenvalue weighted by Gasteiger charge is 2.56. The number of carboxylic acid groups (broad SMARTS) is 1. The first-order valence-electron chi connectivity index (χ1n) is 6.83. The third-order valence-corrected chi connectivity index (χ3v) is 4.77. The van der Waals surface area contributed by atoms with E-state index in [9.17, 15) is 9.90 Å². The van der Waals surface area contributed by atoms with Gasteiger partial charge < -0.3 is 10.4 Å². The van der Waals surface area contributed by atoms with Gasteiger partial charge in [0, 0.05) is 6.04 Å². The summed E-state index contributed by atoms with van der Waals surface area (Å²) < 4.78 is 0. The molecule has 1 aromatic rings. The molecule has 3 heteroatoms. The van der Waals surface area contributed by atoms with Crippen LogP contribution in [-0.4, -0.2) is 18.1 Å². The van der Waals surface area contributed by atoms with E-state index in [0.717, 1.165) is 12.8 Å². The summed E-state index contributed by atoms with van der Waals surface area (Å²) in [7, 11) is 1.87. The zero-order valence-electron chi connectivity index (χ0n) is 12.4. The maximum absolute atomic E-state index is 11.6. The summed E-state index contributed by atoms with van der Waals surface area (Å²) in [6.07, 6.45) is 1.53. The highest BCUT2D eigenvalue weighted by molar-refractivity contribution is 5.79. The van der Waals surface area contributed by atoms with E-state index in [1.165, 1.54) is 27.8 Å². The molecule has 1 saturated carbocycles. The number of rotatable bonds is 4. The van der Waals surface area contributed by atoms with E-state index in [-0.39, 0.29) is 6.04 Å². The minimum absolute atomic E-state index is 0.0939. The van der Waals surface area contributed by atoms with Crippen molar-refractivity contribution >= 4 is 5.97 Å². The number of carboxylic acids is 1. The Labute approximate surface area is 115 Å². The molecule has 104 valence electrons. The third kappa shape index (κ3) is 2.06. The molecule has 0 amide bonds. The van der Waals surface area contributed by atoms with Gasteiger partial charge in [0.2, 0.25) is 0 Å². The van der Waals surface area contributed by atoms with E-state index in [1.54, 1.807) is 0 Å². The van der Waals surface area contributed by atoms with E-state index in [1.807, 2.05) is 7.05 Å². The van der Waals surface area contributed by atoms with Crippen molar-refractivity contribution in [2.45, 2.75) is 46.6 Å². The molecule has 0 aliphatic heterocycles. The Morgan fingerprint density at radius 2 is 1.68 bits per heavy atom. The Morgan fingerprint density at radius 1 is 1.21 bits per heavy atom. The zero-order chi connectivity index (χ0) is 14.4. The summed E-state index contributed by atoms with van der Waals surface area (Å²) in [5.74, 6) is -0.676. The number of hydrogen-bond donors (Lipinski definition) is 2. The van der Waals surface area contributed by atoms with Crippen molar-refractivity contribution in [3.63, 3.8) is 0 Å². The second-order valence-corrected chi connectivity index (χ2v) is 5.86. The number of hydrogen-bond acceptors (Lipinski definition) is 2. The molecule has 19 heavy (non-hydrogen) atoms. The molecule has 0 saturated heterocycles. The van der Waals surface area contributed by atoms with Gasteiger partial charge in [-0.25, -0.2) is 0 Å². The molecular formula is C16H23NO2. The fourth-order valence-corrected chi connectivity index (χ4v) is 3.14. The van der Waals surface area contributed by atoms with E-state index < -0.39 is 11.4 Å². The van der Waals surface area contributed by atoms with E-state index in [2.05, 4.69) is 39.1 Å². The SMILES string of the molecule is CNC(c1c(C)c(C)cc(C)c1C)C1(C(=O)O)CC1. The molecule has 2 N–H and O–H groups in total. The summed E-state index contributed by atoms with van der Waals surface area (Å²) in [5, 5.41) is 12.8. The molecule has 0 bridgehead atoms. The van der Waals surface area contributed by atoms with Crippen molar-refractivity contribution in [1.29, 1.82) is 0 Å². The quantitative estimate of drug-likeness (QED) is 0.876. The molecule has 2 rings (SSSR count). The highest BCUT2D eigenvalue weighted by Crippen LogP contribution is 2.56.